The Balaban J connectivity index is 2.19. The second-order valence-corrected chi connectivity index (χ2v) is 10.2. The highest BCUT2D eigenvalue weighted by Crippen LogP contribution is 2.29. The van der Waals surface area contributed by atoms with Gasteiger partial charge in [0.1, 0.15) is 11.4 Å². The number of unbranched alkanes of at least 4 members (excludes halogenated alkanes) is 9. The molecule has 1 heterocycles. The number of carbonyl (C=O) groups is 2. The molecule has 0 aromatic heterocycles. The van der Waals surface area contributed by atoms with Gasteiger partial charge in [-0.15, -0.1) is 0 Å². The zero-order valence-electron chi connectivity index (χ0n) is 20.3. The Morgan fingerprint density at radius 1 is 0.900 bits per heavy atom. The number of amides is 1. The Hall–Kier alpha value is -1.10. The van der Waals surface area contributed by atoms with Crippen molar-refractivity contribution in [3.8, 4) is 0 Å². The summed E-state index contributed by atoms with van der Waals surface area (Å²) in [6.45, 7) is 9.26. The first-order valence-corrected chi connectivity index (χ1v) is 12.3. The second-order valence-electron chi connectivity index (χ2n) is 10.2. The Morgan fingerprint density at radius 3 is 1.90 bits per heavy atom. The molecule has 0 aromatic rings. The first kappa shape index (κ1) is 26.9. The minimum Gasteiger partial charge on any atom is -0.444 e. The number of aliphatic hydroxyl groups excluding tert-OH is 1. The molecule has 3 atom stereocenters. The van der Waals surface area contributed by atoms with Gasteiger partial charge in [0, 0.05) is 12.5 Å². The number of hydrogen-bond acceptors (Lipinski definition) is 4. The topological polar surface area (TPSA) is 66.8 Å². The van der Waals surface area contributed by atoms with E-state index in [4.69, 9.17) is 4.74 Å². The fourth-order valence-electron chi connectivity index (χ4n) is 4.34. The van der Waals surface area contributed by atoms with Crippen molar-refractivity contribution in [1.82, 2.24) is 4.90 Å². The number of likely N-dealkylation sites (tertiary alicyclic amines) is 1. The molecule has 1 aliphatic rings. The Kier molecular flexibility index (Phi) is 12.6. The molecule has 0 aliphatic carbocycles. The molecule has 1 fully saturated rings. The molecule has 1 amide bonds. The van der Waals surface area contributed by atoms with E-state index in [1.165, 1.54) is 51.4 Å². The van der Waals surface area contributed by atoms with Crippen LogP contribution in [0.5, 0.6) is 0 Å². The summed E-state index contributed by atoms with van der Waals surface area (Å²) in [4.78, 5) is 25.4. The van der Waals surface area contributed by atoms with Crippen LogP contribution in [-0.4, -0.2) is 45.7 Å². The summed E-state index contributed by atoms with van der Waals surface area (Å²) < 4.78 is 5.60. The fourth-order valence-corrected chi connectivity index (χ4v) is 4.34. The zero-order chi connectivity index (χ0) is 22.6. The third kappa shape index (κ3) is 11.3. The van der Waals surface area contributed by atoms with E-state index < -0.39 is 11.7 Å². The lowest BCUT2D eigenvalue weighted by Crippen LogP contribution is -2.55. The Labute approximate surface area is 184 Å². The largest absolute Gasteiger partial charge is 0.444 e. The van der Waals surface area contributed by atoms with Gasteiger partial charge in [0.15, 0.2) is 0 Å². The lowest BCUT2D eigenvalue weighted by molar-refractivity contribution is -0.117. The van der Waals surface area contributed by atoms with Crippen LogP contribution in [0.25, 0.3) is 0 Å². The van der Waals surface area contributed by atoms with Crippen molar-refractivity contribution in [3.05, 3.63) is 0 Å². The Bertz CT molecular complexity index is 500. The summed E-state index contributed by atoms with van der Waals surface area (Å²) in [5, 5.41) is 10.2. The van der Waals surface area contributed by atoms with Gasteiger partial charge < -0.3 is 14.6 Å². The van der Waals surface area contributed by atoms with Crippen LogP contribution in [0.2, 0.25) is 0 Å². The zero-order valence-corrected chi connectivity index (χ0v) is 20.3. The van der Waals surface area contributed by atoms with E-state index in [-0.39, 0.29) is 18.2 Å². The molecule has 0 bridgehead atoms. The number of carbonyl (C=O) groups excluding carboxylic acids is 2. The molecule has 0 saturated carbocycles. The van der Waals surface area contributed by atoms with E-state index >= 15 is 0 Å². The van der Waals surface area contributed by atoms with Gasteiger partial charge in [-0.2, -0.15) is 0 Å². The van der Waals surface area contributed by atoms with Crippen LogP contribution in [-0.2, 0) is 9.53 Å². The smallest absolute Gasteiger partial charge is 0.410 e. The first-order valence-electron chi connectivity index (χ1n) is 12.3. The van der Waals surface area contributed by atoms with Crippen molar-refractivity contribution in [2.45, 2.75) is 148 Å². The van der Waals surface area contributed by atoms with E-state index in [0.717, 1.165) is 38.5 Å². The number of hydrogen-bond donors (Lipinski definition) is 1. The van der Waals surface area contributed by atoms with Gasteiger partial charge in [0.25, 0.3) is 0 Å². The number of Topliss-reactive ketones (excluding diaryl/α,β-unsaturated/α-hetero) is 1. The van der Waals surface area contributed by atoms with E-state index in [0.29, 0.717) is 5.78 Å². The molecule has 1 N–H and O–H groups in total. The molecule has 30 heavy (non-hydrogen) atoms. The van der Waals surface area contributed by atoms with Crippen LogP contribution in [0.4, 0.5) is 4.79 Å². The molecular weight excluding hydrogens is 378 g/mol. The van der Waals surface area contributed by atoms with Crippen molar-refractivity contribution < 1.29 is 19.4 Å². The van der Waals surface area contributed by atoms with Crippen molar-refractivity contribution in [3.63, 3.8) is 0 Å². The molecule has 1 saturated heterocycles. The van der Waals surface area contributed by atoms with Gasteiger partial charge in [-0.3, -0.25) is 4.90 Å². The van der Waals surface area contributed by atoms with E-state index in [1.807, 2.05) is 27.7 Å². The van der Waals surface area contributed by atoms with E-state index in [1.54, 1.807) is 11.8 Å². The van der Waals surface area contributed by atoms with Gasteiger partial charge in [0.05, 0.1) is 12.1 Å². The van der Waals surface area contributed by atoms with Crippen LogP contribution < -0.4 is 0 Å². The number of nitrogens with zero attached hydrogens (tertiary/aromatic N) is 1. The average molecular weight is 426 g/mol. The molecule has 5 nitrogen and oxygen atoms in total. The molecule has 0 spiro atoms. The Morgan fingerprint density at radius 2 is 1.40 bits per heavy atom. The molecule has 0 radical (unpaired) electrons. The van der Waals surface area contributed by atoms with Crippen molar-refractivity contribution in [2.24, 2.45) is 0 Å². The van der Waals surface area contributed by atoms with Crippen LogP contribution in [0, 0.1) is 0 Å². The molecule has 0 aromatic carbocycles. The highest BCUT2D eigenvalue weighted by molar-refractivity contribution is 5.75. The normalized spacial score (nSPS) is 22.2. The molecule has 0 unspecified atom stereocenters. The summed E-state index contributed by atoms with van der Waals surface area (Å²) in [5.41, 5.74) is -0.517. The first-order chi connectivity index (χ1) is 14.1. The SMILES string of the molecule is CC(=O)CCCCCCCCCCCC[C@H]1CC[C@@H](O)[C@@H](C)N1C(=O)OC(C)(C)C. The van der Waals surface area contributed by atoms with Crippen LogP contribution in [0.15, 0.2) is 0 Å². The number of ketones is 1. The van der Waals surface area contributed by atoms with E-state index in [2.05, 4.69) is 0 Å². The average Bonchev–Trinajstić information content (AvgIpc) is 2.63. The minimum absolute atomic E-state index is 0.174. The standard InChI is InChI=1S/C25H47NO4/c1-20(27)16-14-12-10-8-6-7-9-11-13-15-17-22-18-19-23(28)21(2)26(22)24(29)30-25(3,4)5/h21-23,28H,6-19H2,1-5H3/t21-,22+,23-/m1/s1. The predicted molar refractivity (Wildman–Crippen MR) is 123 cm³/mol. The maximum Gasteiger partial charge on any atom is 0.410 e. The summed E-state index contributed by atoms with van der Waals surface area (Å²) in [5.74, 6) is 0.308. The highest BCUT2D eigenvalue weighted by atomic mass is 16.6. The van der Waals surface area contributed by atoms with Crippen LogP contribution >= 0.6 is 0 Å². The maximum atomic E-state index is 12.7. The monoisotopic (exact) mass is 425 g/mol. The summed E-state index contributed by atoms with van der Waals surface area (Å²) in [7, 11) is 0. The second kappa shape index (κ2) is 14.1. The lowest BCUT2D eigenvalue weighted by atomic mass is 9.91. The van der Waals surface area contributed by atoms with Gasteiger partial charge >= 0.3 is 6.09 Å². The quantitative estimate of drug-likeness (QED) is 0.346. The summed E-state index contributed by atoms with van der Waals surface area (Å²) in [6, 6.07) is -0.0118. The summed E-state index contributed by atoms with van der Waals surface area (Å²) >= 11 is 0. The third-order valence-electron chi connectivity index (χ3n) is 6.11. The lowest BCUT2D eigenvalue weighted by Gasteiger charge is -2.43. The number of aliphatic hydroxyl groups is 1. The molecular formula is C25H47NO4. The van der Waals surface area contributed by atoms with Gasteiger partial charge in [0.2, 0.25) is 0 Å². The van der Waals surface area contributed by atoms with Crippen molar-refractivity contribution >= 4 is 11.9 Å². The molecule has 1 aliphatic heterocycles. The van der Waals surface area contributed by atoms with Crippen molar-refractivity contribution in [1.29, 1.82) is 0 Å². The van der Waals surface area contributed by atoms with Crippen LogP contribution in [0.3, 0.4) is 0 Å². The number of piperidine rings is 1. The molecule has 5 heteroatoms. The fraction of sp³-hybridized carbons (Fsp3) is 0.920. The number of ether oxygens (including phenoxy) is 1. The molecule has 1 rings (SSSR count). The van der Waals surface area contributed by atoms with Gasteiger partial charge in [-0.1, -0.05) is 57.8 Å². The number of rotatable bonds is 13. The highest BCUT2D eigenvalue weighted by Gasteiger charge is 2.38. The molecule has 176 valence electrons. The van der Waals surface area contributed by atoms with Crippen LogP contribution in [0.1, 0.15) is 125 Å². The summed E-state index contributed by atoms with van der Waals surface area (Å²) in [6.07, 6.45) is 14.8. The van der Waals surface area contributed by atoms with E-state index in [9.17, 15) is 14.7 Å². The minimum atomic E-state index is -0.517. The maximum absolute atomic E-state index is 12.7. The van der Waals surface area contributed by atoms with Gasteiger partial charge in [-0.05, 0) is 60.3 Å². The predicted octanol–water partition coefficient (Wildman–Crippen LogP) is 6.41. The third-order valence-corrected chi connectivity index (χ3v) is 6.11. The van der Waals surface area contributed by atoms with Crippen molar-refractivity contribution in [2.75, 3.05) is 0 Å². The van der Waals surface area contributed by atoms with Gasteiger partial charge in [-0.25, -0.2) is 4.79 Å².